The number of carbonyl (C=O) groups is 1. The molecular weight excluding hydrogens is 236 g/mol. The van der Waals surface area contributed by atoms with Gasteiger partial charge in [0.05, 0.1) is 13.1 Å². The number of anilines is 1. The van der Waals surface area contributed by atoms with Crippen molar-refractivity contribution in [3.05, 3.63) is 29.3 Å². The molecule has 104 valence electrons. The third-order valence-electron chi connectivity index (χ3n) is 3.91. The van der Waals surface area contributed by atoms with Crippen LogP contribution in [0.2, 0.25) is 0 Å². The zero-order valence-electron chi connectivity index (χ0n) is 12.3. The first-order chi connectivity index (χ1) is 9.08. The summed E-state index contributed by atoms with van der Waals surface area (Å²) in [7, 11) is 0. The van der Waals surface area contributed by atoms with Crippen LogP contribution in [-0.2, 0) is 4.79 Å². The molecule has 1 amide bonds. The highest BCUT2D eigenvalue weighted by Crippen LogP contribution is 2.27. The minimum Gasteiger partial charge on any atom is -0.327 e. The van der Waals surface area contributed by atoms with Gasteiger partial charge in [0.25, 0.3) is 5.91 Å². The van der Waals surface area contributed by atoms with E-state index in [-0.39, 0.29) is 5.91 Å². The zero-order valence-corrected chi connectivity index (χ0v) is 12.3. The standard InChI is InChI=1S/C16H24N2O/c1-12(2)14-8-6-7-13(3)16(14)17-15(19)11-18-9-4-5-10-18/h6-8,12H,4-5,9-11H2,1-3H3,(H,17,19)/p+1. The maximum absolute atomic E-state index is 12.2. The van der Waals surface area contributed by atoms with Crippen molar-refractivity contribution >= 4 is 11.6 Å². The molecule has 3 nitrogen and oxygen atoms in total. The summed E-state index contributed by atoms with van der Waals surface area (Å²) < 4.78 is 0. The predicted molar refractivity (Wildman–Crippen MR) is 78.7 cm³/mol. The largest absolute Gasteiger partial charge is 0.327 e. The second kappa shape index (κ2) is 6.20. The Balaban J connectivity index is 2.07. The molecule has 0 atom stereocenters. The molecule has 1 aliphatic heterocycles. The van der Waals surface area contributed by atoms with Crippen LogP contribution >= 0.6 is 0 Å². The Bertz CT molecular complexity index is 448. The van der Waals surface area contributed by atoms with Crippen molar-refractivity contribution in [1.29, 1.82) is 0 Å². The van der Waals surface area contributed by atoms with Gasteiger partial charge >= 0.3 is 0 Å². The molecule has 1 heterocycles. The van der Waals surface area contributed by atoms with Gasteiger partial charge in [0, 0.05) is 18.5 Å². The van der Waals surface area contributed by atoms with Crippen molar-refractivity contribution in [2.75, 3.05) is 25.0 Å². The SMILES string of the molecule is Cc1cccc(C(C)C)c1NC(=O)C[NH+]1CCCC1. The van der Waals surface area contributed by atoms with Crippen molar-refractivity contribution in [2.45, 2.75) is 39.5 Å². The molecule has 0 saturated carbocycles. The van der Waals surface area contributed by atoms with Crippen molar-refractivity contribution < 1.29 is 9.69 Å². The van der Waals surface area contributed by atoms with Crippen molar-refractivity contribution in [1.82, 2.24) is 0 Å². The van der Waals surface area contributed by atoms with Crippen molar-refractivity contribution in [3.8, 4) is 0 Å². The molecule has 1 aromatic carbocycles. The fourth-order valence-corrected chi connectivity index (χ4v) is 2.80. The fourth-order valence-electron chi connectivity index (χ4n) is 2.80. The molecular formula is C16H25N2O+. The van der Waals surface area contributed by atoms with Crippen LogP contribution in [0.15, 0.2) is 18.2 Å². The third-order valence-corrected chi connectivity index (χ3v) is 3.91. The Labute approximate surface area is 116 Å². The van der Waals surface area contributed by atoms with Crippen LogP contribution < -0.4 is 10.2 Å². The van der Waals surface area contributed by atoms with Gasteiger partial charge in [-0.05, 0) is 24.0 Å². The Morgan fingerprint density at radius 2 is 2.00 bits per heavy atom. The summed E-state index contributed by atoms with van der Waals surface area (Å²) in [5.41, 5.74) is 3.39. The summed E-state index contributed by atoms with van der Waals surface area (Å²) in [5.74, 6) is 0.572. The maximum Gasteiger partial charge on any atom is 0.279 e. The average Bonchev–Trinajstić information content (AvgIpc) is 2.84. The number of benzene rings is 1. The first-order valence-electron chi connectivity index (χ1n) is 7.31. The van der Waals surface area contributed by atoms with E-state index in [1.807, 2.05) is 0 Å². The van der Waals surface area contributed by atoms with Crippen LogP contribution in [0.4, 0.5) is 5.69 Å². The van der Waals surface area contributed by atoms with E-state index in [0.717, 1.165) is 24.3 Å². The molecule has 1 aromatic rings. The quantitative estimate of drug-likeness (QED) is 0.850. The van der Waals surface area contributed by atoms with E-state index < -0.39 is 0 Å². The van der Waals surface area contributed by atoms with Gasteiger partial charge in [-0.25, -0.2) is 0 Å². The number of quaternary nitrogens is 1. The lowest BCUT2D eigenvalue weighted by molar-refractivity contribution is -0.878. The molecule has 0 spiro atoms. The molecule has 0 aliphatic carbocycles. The lowest BCUT2D eigenvalue weighted by Gasteiger charge is -2.17. The number of hydrogen-bond donors (Lipinski definition) is 2. The van der Waals surface area contributed by atoms with Crippen LogP contribution in [-0.4, -0.2) is 25.5 Å². The van der Waals surface area contributed by atoms with Crippen LogP contribution in [0.1, 0.15) is 43.7 Å². The number of carbonyl (C=O) groups excluding carboxylic acids is 1. The summed E-state index contributed by atoms with van der Waals surface area (Å²) in [4.78, 5) is 13.6. The second-order valence-electron chi connectivity index (χ2n) is 5.88. The minimum atomic E-state index is 0.146. The number of likely N-dealkylation sites (tertiary alicyclic amines) is 1. The summed E-state index contributed by atoms with van der Waals surface area (Å²) in [6, 6.07) is 6.23. The van der Waals surface area contributed by atoms with Crippen molar-refractivity contribution in [3.63, 3.8) is 0 Å². The Kier molecular flexibility index (Phi) is 4.59. The van der Waals surface area contributed by atoms with E-state index in [4.69, 9.17) is 0 Å². The highest BCUT2D eigenvalue weighted by atomic mass is 16.2. The molecule has 1 fully saturated rings. The van der Waals surface area contributed by atoms with Gasteiger partial charge in [-0.2, -0.15) is 0 Å². The molecule has 2 N–H and O–H groups in total. The van der Waals surface area contributed by atoms with Crippen molar-refractivity contribution in [2.24, 2.45) is 0 Å². The second-order valence-corrected chi connectivity index (χ2v) is 5.88. The normalized spacial score (nSPS) is 16.0. The number of nitrogens with one attached hydrogen (secondary N) is 2. The summed E-state index contributed by atoms with van der Waals surface area (Å²) in [5, 5.41) is 3.13. The Morgan fingerprint density at radius 3 is 2.63 bits per heavy atom. The van der Waals surface area contributed by atoms with Crippen LogP contribution in [0.3, 0.4) is 0 Å². The Hall–Kier alpha value is -1.35. The lowest BCUT2D eigenvalue weighted by Crippen LogP contribution is -3.11. The van der Waals surface area contributed by atoms with Gasteiger partial charge in [0.15, 0.2) is 6.54 Å². The molecule has 1 aliphatic rings. The van der Waals surface area contributed by atoms with E-state index in [0.29, 0.717) is 12.5 Å². The maximum atomic E-state index is 12.2. The molecule has 19 heavy (non-hydrogen) atoms. The number of rotatable bonds is 4. The average molecular weight is 261 g/mol. The third kappa shape index (κ3) is 3.57. The van der Waals surface area contributed by atoms with Gasteiger partial charge in [0.2, 0.25) is 0 Å². The van der Waals surface area contributed by atoms with Crippen LogP contribution in [0.25, 0.3) is 0 Å². The molecule has 0 unspecified atom stereocenters. The summed E-state index contributed by atoms with van der Waals surface area (Å²) >= 11 is 0. The molecule has 1 saturated heterocycles. The number of aryl methyl sites for hydroxylation is 1. The van der Waals surface area contributed by atoms with Gasteiger partial charge < -0.3 is 10.2 Å². The summed E-state index contributed by atoms with van der Waals surface area (Å²) in [6.45, 7) is 9.26. The lowest BCUT2D eigenvalue weighted by atomic mass is 9.98. The first-order valence-corrected chi connectivity index (χ1v) is 7.31. The van der Waals surface area contributed by atoms with E-state index >= 15 is 0 Å². The fraction of sp³-hybridized carbons (Fsp3) is 0.562. The Morgan fingerprint density at radius 1 is 1.32 bits per heavy atom. The number of amides is 1. The van der Waals surface area contributed by atoms with Gasteiger partial charge in [-0.3, -0.25) is 4.79 Å². The molecule has 0 radical (unpaired) electrons. The topological polar surface area (TPSA) is 33.5 Å². The van der Waals surface area contributed by atoms with Gasteiger partial charge in [0.1, 0.15) is 0 Å². The zero-order chi connectivity index (χ0) is 13.8. The molecule has 0 aromatic heterocycles. The van der Waals surface area contributed by atoms with E-state index in [9.17, 15) is 4.79 Å². The predicted octanol–water partition coefficient (Wildman–Crippen LogP) is 1.74. The molecule has 0 bridgehead atoms. The molecule has 3 heteroatoms. The highest BCUT2D eigenvalue weighted by Gasteiger charge is 2.20. The summed E-state index contributed by atoms with van der Waals surface area (Å²) in [6.07, 6.45) is 2.51. The number of para-hydroxylation sites is 1. The van der Waals surface area contributed by atoms with Crippen LogP contribution in [0.5, 0.6) is 0 Å². The minimum absolute atomic E-state index is 0.146. The first kappa shape index (κ1) is 14.1. The van der Waals surface area contributed by atoms with E-state index in [2.05, 4.69) is 44.3 Å². The van der Waals surface area contributed by atoms with Crippen LogP contribution in [0, 0.1) is 6.92 Å². The highest BCUT2D eigenvalue weighted by molar-refractivity contribution is 5.93. The number of hydrogen-bond acceptors (Lipinski definition) is 1. The van der Waals surface area contributed by atoms with E-state index in [1.54, 1.807) is 0 Å². The van der Waals surface area contributed by atoms with Gasteiger partial charge in [-0.1, -0.05) is 32.0 Å². The molecule has 2 rings (SSSR count). The smallest absolute Gasteiger partial charge is 0.279 e. The van der Waals surface area contributed by atoms with Gasteiger partial charge in [-0.15, -0.1) is 0 Å². The monoisotopic (exact) mass is 261 g/mol. The van der Waals surface area contributed by atoms with E-state index in [1.165, 1.54) is 23.3 Å².